The van der Waals surface area contributed by atoms with E-state index in [2.05, 4.69) is 5.32 Å². The Balaban J connectivity index is 1.73. The van der Waals surface area contributed by atoms with Gasteiger partial charge < -0.3 is 24.3 Å². The SMILES string of the molecule is COc1ccc([C@@H]2CC(=O)C3=C(C2)NC(C)=C(C(=O)OCCOC(C)C)[C@H]3c2c(F)cccc2Cl)cc1OC. The Labute approximate surface area is 232 Å². The summed E-state index contributed by atoms with van der Waals surface area (Å²) in [6.45, 7) is 5.72. The number of ether oxygens (including phenoxy) is 4. The number of Topliss-reactive ketones (excluding diaryl/α,β-unsaturated/α-hetero) is 1. The maximum Gasteiger partial charge on any atom is 0.336 e. The molecule has 7 nitrogen and oxygen atoms in total. The van der Waals surface area contributed by atoms with Gasteiger partial charge in [0.25, 0.3) is 0 Å². The molecule has 1 heterocycles. The fourth-order valence-corrected chi connectivity index (χ4v) is 5.50. The van der Waals surface area contributed by atoms with Crippen molar-refractivity contribution in [2.45, 2.75) is 51.6 Å². The average molecular weight is 558 g/mol. The summed E-state index contributed by atoms with van der Waals surface area (Å²) in [6.07, 6.45) is 0.626. The highest BCUT2D eigenvalue weighted by Crippen LogP contribution is 2.48. The molecule has 0 saturated heterocycles. The Morgan fingerprint density at radius 1 is 1.10 bits per heavy atom. The third-order valence-corrected chi connectivity index (χ3v) is 7.31. The number of nitrogens with one attached hydrogen (secondary N) is 1. The predicted octanol–water partition coefficient (Wildman–Crippen LogP) is 5.83. The molecule has 0 saturated carbocycles. The van der Waals surface area contributed by atoms with Crippen LogP contribution in [0.5, 0.6) is 11.5 Å². The number of allylic oxidation sites excluding steroid dienone is 3. The number of dihydropyridines is 1. The van der Waals surface area contributed by atoms with Gasteiger partial charge in [-0.25, -0.2) is 9.18 Å². The minimum atomic E-state index is -1.01. The molecular weight excluding hydrogens is 525 g/mol. The van der Waals surface area contributed by atoms with Crippen LogP contribution in [-0.4, -0.2) is 45.3 Å². The van der Waals surface area contributed by atoms with E-state index in [4.69, 9.17) is 30.5 Å². The first kappa shape index (κ1) is 28.6. The largest absolute Gasteiger partial charge is 0.493 e. The molecule has 0 spiro atoms. The van der Waals surface area contributed by atoms with E-state index in [1.54, 1.807) is 33.3 Å². The van der Waals surface area contributed by atoms with Gasteiger partial charge in [-0.05, 0) is 62.9 Å². The van der Waals surface area contributed by atoms with Gasteiger partial charge >= 0.3 is 5.97 Å². The molecule has 39 heavy (non-hydrogen) atoms. The van der Waals surface area contributed by atoms with Crippen LogP contribution in [0.2, 0.25) is 5.02 Å². The lowest BCUT2D eigenvalue weighted by Gasteiger charge is -2.37. The van der Waals surface area contributed by atoms with Crippen molar-refractivity contribution in [3.05, 3.63) is 80.9 Å². The second-order valence-corrected chi connectivity index (χ2v) is 10.2. The standard InChI is InChI=1S/C30H33ClFNO6/c1-16(2)38-11-12-39-30(35)26-17(3)33-22-13-19(18-9-10-24(36-4)25(15-18)37-5)14-23(34)28(22)29(26)27-20(31)7-6-8-21(27)32/h6-10,15-16,19,29,33H,11-14H2,1-5H3/t19-,29-/m0/s1. The van der Waals surface area contributed by atoms with Crippen molar-refractivity contribution < 1.29 is 32.9 Å². The quantitative estimate of drug-likeness (QED) is 0.307. The molecule has 1 aliphatic carbocycles. The molecule has 2 atom stereocenters. The van der Waals surface area contributed by atoms with Crippen LogP contribution in [0.25, 0.3) is 0 Å². The molecule has 4 rings (SSSR count). The Bertz CT molecular complexity index is 1310. The van der Waals surface area contributed by atoms with Gasteiger partial charge in [0, 0.05) is 34.0 Å². The second kappa shape index (κ2) is 12.2. The van der Waals surface area contributed by atoms with Gasteiger partial charge in [-0.1, -0.05) is 23.7 Å². The summed E-state index contributed by atoms with van der Waals surface area (Å²) >= 11 is 6.49. The lowest BCUT2D eigenvalue weighted by Crippen LogP contribution is -2.36. The van der Waals surface area contributed by atoms with Gasteiger partial charge in [-0.3, -0.25) is 4.79 Å². The van der Waals surface area contributed by atoms with Gasteiger partial charge in [-0.15, -0.1) is 0 Å². The van der Waals surface area contributed by atoms with Crippen molar-refractivity contribution in [3.63, 3.8) is 0 Å². The normalized spacial score (nSPS) is 19.1. The highest BCUT2D eigenvalue weighted by Gasteiger charge is 2.43. The highest BCUT2D eigenvalue weighted by atomic mass is 35.5. The monoisotopic (exact) mass is 557 g/mol. The van der Waals surface area contributed by atoms with E-state index >= 15 is 4.39 Å². The molecule has 0 unspecified atom stereocenters. The maximum atomic E-state index is 15.3. The van der Waals surface area contributed by atoms with Crippen molar-refractivity contribution in [1.82, 2.24) is 5.32 Å². The van der Waals surface area contributed by atoms with Crippen LogP contribution in [-0.2, 0) is 19.1 Å². The number of carbonyl (C=O) groups is 2. The van der Waals surface area contributed by atoms with Gasteiger partial charge in [0.1, 0.15) is 12.4 Å². The molecule has 2 aliphatic rings. The smallest absolute Gasteiger partial charge is 0.336 e. The van der Waals surface area contributed by atoms with E-state index in [1.165, 1.54) is 12.1 Å². The lowest BCUT2D eigenvalue weighted by atomic mass is 9.71. The maximum absolute atomic E-state index is 15.3. The van der Waals surface area contributed by atoms with Crippen LogP contribution in [0.4, 0.5) is 4.39 Å². The molecule has 0 amide bonds. The summed E-state index contributed by atoms with van der Waals surface area (Å²) in [5, 5.41) is 3.39. The molecule has 9 heteroatoms. The van der Waals surface area contributed by atoms with Crippen molar-refractivity contribution in [2.24, 2.45) is 0 Å². The van der Waals surface area contributed by atoms with E-state index in [9.17, 15) is 9.59 Å². The van der Waals surface area contributed by atoms with Crippen molar-refractivity contribution in [1.29, 1.82) is 0 Å². The minimum Gasteiger partial charge on any atom is -0.493 e. The van der Waals surface area contributed by atoms with E-state index in [0.29, 0.717) is 34.9 Å². The average Bonchev–Trinajstić information content (AvgIpc) is 2.89. The molecule has 208 valence electrons. The first-order valence-corrected chi connectivity index (χ1v) is 13.2. The van der Waals surface area contributed by atoms with Gasteiger partial charge in [0.05, 0.1) is 38.4 Å². The van der Waals surface area contributed by atoms with Crippen molar-refractivity contribution in [2.75, 3.05) is 27.4 Å². The summed E-state index contributed by atoms with van der Waals surface area (Å²) in [7, 11) is 3.12. The Morgan fingerprint density at radius 2 is 1.85 bits per heavy atom. The van der Waals surface area contributed by atoms with Crippen LogP contribution in [0.1, 0.15) is 56.6 Å². The van der Waals surface area contributed by atoms with Crippen LogP contribution < -0.4 is 14.8 Å². The first-order chi connectivity index (χ1) is 18.7. The Kier molecular flexibility index (Phi) is 8.97. The number of carbonyl (C=O) groups excluding carboxylic acids is 2. The number of methoxy groups -OCH3 is 2. The number of benzene rings is 2. The Morgan fingerprint density at radius 3 is 2.51 bits per heavy atom. The minimum absolute atomic E-state index is 0.0165. The first-order valence-electron chi connectivity index (χ1n) is 12.8. The van der Waals surface area contributed by atoms with Crippen molar-refractivity contribution >= 4 is 23.4 Å². The Hall–Kier alpha value is -3.36. The van der Waals surface area contributed by atoms with Crippen molar-refractivity contribution in [3.8, 4) is 11.5 Å². The summed E-state index contributed by atoms with van der Waals surface area (Å²) < 4.78 is 37.1. The van der Waals surface area contributed by atoms with E-state index in [0.717, 1.165) is 5.56 Å². The summed E-state index contributed by atoms with van der Waals surface area (Å²) in [5.74, 6) is -1.46. The molecule has 1 N–H and O–H groups in total. The molecule has 2 aromatic carbocycles. The molecule has 0 aromatic heterocycles. The molecule has 1 aliphatic heterocycles. The summed E-state index contributed by atoms with van der Waals surface area (Å²) in [4.78, 5) is 27.1. The topological polar surface area (TPSA) is 83.1 Å². The van der Waals surface area contributed by atoms with Crippen LogP contribution in [0, 0.1) is 5.82 Å². The third-order valence-electron chi connectivity index (χ3n) is 6.98. The zero-order valence-electron chi connectivity index (χ0n) is 22.7. The predicted molar refractivity (Wildman–Crippen MR) is 146 cm³/mol. The number of halogens is 2. The fourth-order valence-electron chi connectivity index (χ4n) is 5.22. The van der Waals surface area contributed by atoms with Gasteiger partial charge in [0.15, 0.2) is 17.3 Å². The molecule has 0 bridgehead atoms. The third kappa shape index (κ3) is 5.97. The highest BCUT2D eigenvalue weighted by molar-refractivity contribution is 6.31. The number of esters is 1. The fraction of sp³-hybridized carbons (Fsp3) is 0.400. The molecule has 0 radical (unpaired) electrons. The van der Waals surface area contributed by atoms with E-state index in [-0.39, 0.29) is 53.6 Å². The van der Waals surface area contributed by atoms with Crippen LogP contribution in [0.15, 0.2) is 58.9 Å². The van der Waals surface area contributed by atoms with Crippen LogP contribution in [0.3, 0.4) is 0 Å². The van der Waals surface area contributed by atoms with Gasteiger partial charge in [-0.2, -0.15) is 0 Å². The second-order valence-electron chi connectivity index (χ2n) is 9.82. The molecule has 2 aromatic rings. The van der Waals surface area contributed by atoms with E-state index in [1.807, 2.05) is 26.0 Å². The van der Waals surface area contributed by atoms with Crippen LogP contribution >= 0.6 is 11.6 Å². The zero-order chi connectivity index (χ0) is 28.3. The number of hydrogen-bond donors (Lipinski definition) is 1. The van der Waals surface area contributed by atoms with Gasteiger partial charge in [0.2, 0.25) is 0 Å². The summed E-state index contributed by atoms with van der Waals surface area (Å²) in [5.41, 5.74) is 2.58. The summed E-state index contributed by atoms with van der Waals surface area (Å²) in [6, 6.07) is 9.89. The molecular formula is C30H33ClFNO6. The lowest BCUT2D eigenvalue weighted by molar-refractivity contribution is -0.141. The van der Waals surface area contributed by atoms with E-state index < -0.39 is 17.7 Å². The number of rotatable bonds is 9. The molecule has 0 fully saturated rings. The number of ketones is 1. The zero-order valence-corrected chi connectivity index (χ0v) is 23.5. The number of hydrogen-bond acceptors (Lipinski definition) is 7.